The van der Waals surface area contributed by atoms with E-state index in [1.54, 1.807) is 0 Å². The lowest BCUT2D eigenvalue weighted by Gasteiger charge is -2.39. The van der Waals surface area contributed by atoms with Crippen molar-refractivity contribution in [2.45, 2.75) is 31.5 Å². The van der Waals surface area contributed by atoms with Crippen LogP contribution in [0.3, 0.4) is 0 Å². The molecule has 0 radical (unpaired) electrons. The van der Waals surface area contributed by atoms with Crippen LogP contribution in [0.1, 0.15) is 47.4 Å². The predicted molar refractivity (Wildman–Crippen MR) is 108 cm³/mol. The zero-order valence-corrected chi connectivity index (χ0v) is 15.5. The van der Waals surface area contributed by atoms with E-state index < -0.39 is 6.04 Å². The third kappa shape index (κ3) is 2.45. The third-order valence-electron chi connectivity index (χ3n) is 5.61. The molecule has 0 bridgehead atoms. The topological polar surface area (TPSA) is 71.3 Å². The Morgan fingerprint density at radius 2 is 2.00 bits per heavy atom. The standard InChI is InChI=1S/C22H21N5O/c1-2-27-12-11-23-22(27)19-20(14-7-4-3-5-8-14)24-16-10-6-9-15-17(13-28)25-26-21(19)18(15)16/h3-13,17,19-20,24-25H,2H2,1H3. The number of carbonyl (C=O) groups is 1. The SMILES string of the molecule is CCn1ccnc1C1C2=NNC(C=O)c3cccc(c32)NC1c1ccccc1. The van der Waals surface area contributed by atoms with Gasteiger partial charge in [0.25, 0.3) is 0 Å². The summed E-state index contributed by atoms with van der Waals surface area (Å²) in [6.07, 6.45) is 4.75. The quantitative estimate of drug-likeness (QED) is 0.690. The van der Waals surface area contributed by atoms with Crippen LogP contribution < -0.4 is 10.7 Å². The molecule has 0 aliphatic carbocycles. The summed E-state index contributed by atoms with van der Waals surface area (Å²) in [6.45, 7) is 2.95. The zero-order valence-electron chi connectivity index (χ0n) is 15.5. The van der Waals surface area contributed by atoms with Gasteiger partial charge in [0.05, 0.1) is 17.7 Å². The van der Waals surface area contributed by atoms with Crippen molar-refractivity contribution in [3.63, 3.8) is 0 Å². The lowest BCUT2D eigenvalue weighted by Crippen LogP contribution is -2.39. The van der Waals surface area contributed by atoms with Gasteiger partial charge in [-0.1, -0.05) is 42.5 Å². The van der Waals surface area contributed by atoms with Crippen LogP contribution in [0, 0.1) is 0 Å². The molecule has 3 unspecified atom stereocenters. The Bertz CT molecular complexity index is 1060. The minimum atomic E-state index is -0.430. The van der Waals surface area contributed by atoms with Gasteiger partial charge in [-0.25, -0.2) is 4.98 Å². The lowest BCUT2D eigenvalue weighted by molar-refractivity contribution is -0.109. The molecule has 28 heavy (non-hydrogen) atoms. The number of benzene rings is 2. The summed E-state index contributed by atoms with van der Waals surface area (Å²) in [5, 5.41) is 8.39. The molecule has 0 spiro atoms. The highest BCUT2D eigenvalue weighted by Crippen LogP contribution is 2.45. The highest BCUT2D eigenvalue weighted by molar-refractivity contribution is 6.13. The molecule has 3 aromatic rings. The lowest BCUT2D eigenvalue weighted by atomic mass is 9.78. The van der Waals surface area contributed by atoms with Crippen molar-refractivity contribution in [3.05, 3.63) is 83.4 Å². The van der Waals surface area contributed by atoms with Gasteiger partial charge in [-0.05, 0) is 24.1 Å². The van der Waals surface area contributed by atoms with Crippen molar-refractivity contribution in [1.82, 2.24) is 15.0 Å². The van der Waals surface area contributed by atoms with Crippen molar-refractivity contribution in [2.24, 2.45) is 5.10 Å². The molecule has 0 amide bonds. The fraction of sp³-hybridized carbons (Fsp3) is 0.227. The molecule has 5 rings (SSSR count). The Hall–Kier alpha value is -3.41. The van der Waals surface area contributed by atoms with E-state index in [-0.39, 0.29) is 12.0 Å². The number of nitrogens with one attached hydrogen (secondary N) is 2. The van der Waals surface area contributed by atoms with Gasteiger partial charge < -0.3 is 14.7 Å². The fourth-order valence-electron chi connectivity index (χ4n) is 4.31. The van der Waals surface area contributed by atoms with Gasteiger partial charge in [0.15, 0.2) is 0 Å². The van der Waals surface area contributed by atoms with Crippen LogP contribution in [0.25, 0.3) is 0 Å². The second kappa shape index (κ2) is 6.64. The minimum Gasteiger partial charge on any atom is -0.377 e. The number of carbonyl (C=O) groups excluding carboxylic acids is 1. The third-order valence-corrected chi connectivity index (χ3v) is 5.61. The Balaban J connectivity index is 1.74. The average Bonchev–Trinajstić information content (AvgIpc) is 3.23. The van der Waals surface area contributed by atoms with Crippen LogP contribution in [0.4, 0.5) is 5.69 Å². The average molecular weight is 371 g/mol. The normalized spacial score (nSPS) is 22.5. The van der Waals surface area contributed by atoms with E-state index in [4.69, 9.17) is 4.98 Å². The van der Waals surface area contributed by atoms with E-state index in [9.17, 15) is 4.79 Å². The largest absolute Gasteiger partial charge is 0.377 e. The molecule has 0 fully saturated rings. The number of hydrogen-bond donors (Lipinski definition) is 2. The monoisotopic (exact) mass is 371 g/mol. The first kappa shape index (κ1) is 16.7. The van der Waals surface area contributed by atoms with E-state index >= 15 is 0 Å². The fourth-order valence-corrected chi connectivity index (χ4v) is 4.31. The highest BCUT2D eigenvalue weighted by atomic mass is 16.1. The molecule has 3 atom stereocenters. The van der Waals surface area contributed by atoms with Crippen molar-refractivity contribution in [1.29, 1.82) is 0 Å². The minimum absolute atomic E-state index is 0.00928. The van der Waals surface area contributed by atoms with Gasteiger partial charge in [-0.2, -0.15) is 5.10 Å². The maximum absolute atomic E-state index is 11.6. The first-order chi connectivity index (χ1) is 13.8. The van der Waals surface area contributed by atoms with Gasteiger partial charge in [-0.15, -0.1) is 0 Å². The zero-order chi connectivity index (χ0) is 19.1. The van der Waals surface area contributed by atoms with Gasteiger partial charge >= 0.3 is 0 Å². The number of aromatic nitrogens is 2. The van der Waals surface area contributed by atoms with E-state index in [1.807, 2.05) is 30.6 Å². The van der Waals surface area contributed by atoms with Gasteiger partial charge in [-0.3, -0.25) is 5.43 Å². The summed E-state index contributed by atoms with van der Waals surface area (Å²) in [5.74, 6) is 0.889. The van der Waals surface area contributed by atoms with Crippen molar-refractivity contribution >= 4 is 17.7 Å². The molecule has 3 heterocycles. The summed E-state index contributed by atoms with van der Waals surface area (Å²) in [7, 11) is 0. The molecule has 6 heteroatoms. The Kier molecular flexibility index (Phi) is 3.97. The Morgan fingerprint density at radius 3 is 2.79 bits per heavy atom. The first-order valence-electron chi connectivity index (χ1n) is 9.56. The van der Waals surface area contributed by atoms with E-state index in [0.29, 0.717) is 0 Å². The van der Waals surface area contributed by atoms with Gasteiger partial charge in [0.1, 0.15) is 18.2 Å². The van der Waals surface area contributed by atoms with Crippen molar-refractivity contribution in [3.8, 4) is 0 Å². The second-order valence-electron chi connectivity index (χ2n) is 7.09. The maximum Gasteiger partial charge on any atom is 0.148 e. The molecule has 2 N–H and O–H groups in total. The van der Waals surface area contributed by atoms with Crippen LogP contribution in [0.15, 0.2) is 66.0 Å². The molecule has 140 valence electrons. The number of anilines is 1. The molecule has 1 aromatic heterocycles. The predicted octanol–water partition coefficient (Wildman–Crippen LogP) is 3.40. The number of nitrogens with zero attached hydrogens (tertiary/aromatic N) is 3. The smallest absolute Gasteiger partial charge is 0.148 e. The first-order valence-corrected chi connectivity index (χ1v) is 9.56. The van der Waals surface area contributed by atoms with Crippen LogP contribution in [-0.2, 0) is 11.3 Å². The van der Waals surface area contributed by atoms with Crippen molar-refractivity contribution in [2.75, 3.05) is 5.32 Å². The molecule has 2 aliphatic rings. The van der Waals surface area contributed by atoms with Crippen LogP contribution >= 0.6 is 0 Å². The number of imidazole rings is 1. The van der Waals surface area contributed by atoms with Gasteiger partial charge in [0, 0.05) is 30.2 Å². The molecule has 0 saturated carbocycles. The summed E-state index contributed by atoms with van der Waals surface area (Å²) < 4.78 is 2.16. The summed E-state index contributed by atoms with van der Waals surface area (Å²) in [5.41, 5.74) is 8.12. The van der Waals surface area contributed by atoms with E-state index in [2.05, 4.69) is 57.7 Å². The number of aldehydes is 1. The van der Waals surface area contributed by atoms with Crippen LogP contribution in [-0.4, -0.2) is 21.5 Å². The summed E-state index contributed by atoms with van der Waals surface area (Å²) in [6, 6.07) is 16.0. The molecule has 0 saturated heterocycles. The van der Waals surface area contributed by atoms with E-state index in [1.165, 1.54) is 5.56 Å². The molecular formula is C22H21N5O. The second-order valence-corrected chi connectivity index (χ2v) is 7.09. The molecular weight excluding hydrogens is 350 g/mol. The number of hydrogen-bond acceptors (Lipinski definition) is 5. The van der Waals surface area contributed by atoms with Crippen LogP contribution in [0.5, 0.6) is 0 Å². The van der Waals surface area contributed by atoms with Crippen LogP contribution in [0.2, 0.25) is 0 Å². The van der Waals surface area contributed by atoms with E-state index in [0.717, 1.165) is 41.2 Å². The molecule has 6 nitrogen and oxygen atoms in total. The van der Waals surface area contributed by atoms with Gasteiger partial charge in [0.2, 0.25) is 0 Å². The maximum atomic E-state index is 11.6. The Labute approximate surface area is 163 Å². The Morgan fingerprint density at radius 1 is 1.14 bits per heavy atom. The summed E-state index contributed by atoms with van der Waals surface area (Å²) in [4.78, 5) is 16.3. The highest BCUT2D eigenvalue weighted by Gasteiger charge is 2.41. The number of hydrazone groups is 1. The number of aryl methyl sites for hydroxylation is 1. The molecule has 2 aromatic carbocycles. The number of rotatable bonds is 4. The van der Waals surface area contributed by atoms with Crippen molar-refractivity contribution < 1.29 is 4.79 Å². The molecule has 2 aliphatic heterocycles. The summed E-state index contributed by atoms with van der Waals surface area (Å²) >= 11 is 0.